The molecule has 0 bridgehead atoms. The van der Waals surface area contributed by atoms with Gasteiger partial charge >= 0.3 is 0 Å². The van der Waals surface area contributed by atoms with Crippen molar-refractivity contribution < 1.29 is 13.6 Å². The van der Waals surface area contributed by atoms with Crippen LogP contribution in [0, 0.1) is 19.7 Å². The highest BCUT2D eigenvalue weighted by atomic mass is 19.1. The molecule has 5 rings (SSSR count). The summed E-state index contributed by atoms with van der Waals surface area (Å²) < 4.78 is 29.9. The zero-order chi connectivity index (χ0) is 25.4. The van der Waals surface area contributed by atoms with Crippen LogP contribution in [0.1, 0.15) is 36.2 Å². The molecule has 36 heavy (non-hydrogen) atoms. The Bertz CT molecular complexity index is 1390. The molecule has 186 valence electrons. The van der Waals surface area contributed by atoms with E-state index in [2.05, 4.69) is 35.6 Å². The number of rotatable bonds is 8. The van der Waals surface area contributed by atoms with Crippen LogP contribution in [0.15, 0.2) is 42.9 Å². The van der Waals surface area contributed by atoms with Gasteiger partial charge in [0.2, 0.25) is 11.6 Å². The van der Waals surface area contributed by atoms with Crippen molar-refractivity contribution in [2.45, 2.75) is 38.8 Å². The van der Waals surface area contributed by atoms with Gasteiger partial charge in [0.05, 0.1) is 25.5 Å². The molecule has 1 aliphatic heterocycles. The van der Waals surface area contributed by atoms with Crippen LogP contribution < -0.4 is 10.2 Å². The minimum absolute atomic E-state index is 0.0295. The summed E-state index contributed by atoms with van der Waals surface area (Å²) in [6, 6.07) is 7.08. The fourth-order valence-electron chi connectivity index (χ4n) is 4.08. The molecule has 0 aliphatic carbocycles. The maximum absolute atomic E-state index is 15.4. The quantitative estimate of drug-likeness (QED) is 0.383. The van der Waals surface area contributed by atoms with Crippen LogP contribution in [0.3, 0.4) is 0 Å². The fraction of sp³-hybridized carbons (Fsp3) is 0.333. The van der Waals surface area contributed by atoms with Gasteiger partial charge in [-0.25, -0.2) is 23.4 Å². The van der Waals surface area contributed by atoms with Gasteiger partial charge in [0.25, 0.3) is 0 Å². The van der Waals surface area contributed by atoms with Crippen LogP contribution in [0.4, 0.5) is 26.4 Å². The molecule has 12 heteroatoms. The summed E-state index contributed by atoms with van der Waals surface area (Å²) in [5.74, 6) is 0.790. The molecule has 1 fully saturated rings. The van der Waals surface area contributed by atoms with Gasteiger partial charge in [0.15, 0.2) is 23.2 Å². The van der Waals surface area contributed by atoms with Crippen LogP contribution in [-0.4, -0.2) is 59.5 Å². The van der Waals surface area contributed by atoms with Crippen molar-refractivity contribution >= 4 is 23.4 Å². The van der Waals surface area contributed by atoms with E-state index < -0.39 is 17.3 Å². The minimum Gasteiger partial charge on any atom is -0.333 e. The summed E-state index contributed by atoms with van der Waals surface area (Å²) in [6.07, 6.45) is 3.94. The smallest absolute Gasteiger partial charge is 0.227 e. The van der Waals surface area contributed by atoms with Gasteiger partial charge in [-0.3, -0.25) is 9.89 Å². The molecule has 5 heterocycles. The number of carbonyl (C=O) groups excluding carboxylic acids is 1. The van der Waals surface area contributed by atoms with Gasteiger partial charge in [-0.15, -0.1) is 0 Å². The standard InChI is InChI=1S/C24H25F2N9O/c1-14(17-4-5-22(27-9-17)35-11-18(25)10-28-35)6-19(36)24(26)12-34(13-24)23-29-15(2)7-20(31-23)30-21-8-16(3)32-33-21/h4-5,7-11,14H,6,12-13H2,1-3H3,(H2,29,30,31,32,33)/t14-/m1/s1. The largest absolute Gasteiger partial charge is 0.333 e. The molecule has 1 atom stereocenters. The lowest BCUT2D eigenvalue weighted by atomic mass is 9.85. The van der Waals surface area contributed by atoms with Gasteiger partial charge in [-0.2, -0.15) is 15.2 Å². The molecule has 4 aromatic rings. The van der Waals surface area contributed by atoms with Crippen LogP contribution in [0.25, 0.3) is 5.82 Å². The molecule has 10 nitrogen and oxygen atoms in total. The van der Waals surface area contributed by atoms with E-state index in [1.54, 1.807) is 29.3 Å². The average Bonchev–Trinajstić information content (AvgIpc) is 3.44. The summed E-state index contributed by atoms with van der Waals surface area (Å²) in [7, 11) is 0. The Labute approximate surface area is 205 Å². The van der Waals surface area contributed by atoms with Crippen molar-refractivity contribution in [3.8, 4) is 5.82 Å². The Morgan fingerprint density at radius 1 is 1.19 bits per heavy atom. The first-order valence-electron chi connectivity index (χ1n) is 11.5. The Kier molecular flexibility index (Phi) is 5.94. The second-order valence-corrected chi connectivity index (χ2v) is 9.16. The molecule has 1 aliphatic rings. The van der Waals surface area contributed by atoms with E-state index >= 15 is 4.39 Å². The van der Waals surface area contributed by atoms with Crippen molar-refractivity contribution in [1.82, 2.24) is 34.9 Å². The SMILES string of the molecule is Cc1cc(Nc2cc(C)[nH]n2)nc(N2CC(F)(C(=O)C[C@@H](C)c3ccc(-n4cc(F)cn4)nc3)C2)n1. The molecule has 1 saturated heterocycles. The first kappa shape index (κ1) is 23.5. The van der Waals surface area contributed by atoms with E-state index in [0.29, 0.717) is 29.1 Å². The van der Waals surface area contributed by atoms with Gasteiger partial charge < -0.3 is 10.2 Å². The number of nitrogens with zero attached hydrogens (tertiary/aromatic N) is 7. The highest BCUT2D eigenvalue weighted by molar-refractivity contribution is 5.91. The lowest BCUT2D eigenvalue weighted by Gasteiger charge is -2.43. The molecule has 0 aromatic carbocycles. The Hall–Kier alpha value is -4.22. The lowest BCUT2D eigenvalue weighted by molar-refractivity contribution is -0.132. The van der Waals surface area contributed by atoms with Gasteiger partial charge in [0.1, 0.15) is 5.82 Å². The second-order valence-electron chi connectivity index (χ2n) is 9.16. The number of H-pyrrole nitrogens is 1. The molecule has 0 unspecified atom stereocenters. The molecular formula is C24H25F2N9O. The van der Waals surface area contributed by atoms with E-state index in [9.17, 15) is 9.18 Å². The maximum Gasteiger partial charge on any atom is 0.227 e. The summed E-state index contributed by atoms with van der Waals surface area (Å²) in [5.41, 5.74) is 0.431. The normalized spacial score (nSPS) is 15.4. The van der Waals surface area contributed by atoms with Crippen molar-refractivity contribution in [3.63, 3.8) is 0 Å². The molecule has 0 spiro atoms. The number of anilines is 3. The van der Waals surface area contributed by atoms with Gasteiger partial charge in [-0.1, -0.05) is 13.0 Å². The molecular weight excluding hydrogens is 468 g/mol. The predicted octanol–water partition coefficient (Wildman–Crippen LogP) is 3.57. The number of hydrogen-bond acceptors (Lipinski definition) is 8. The van der Waals surface area contributed by atoms with Crippen LogP contribution in [0.5, 0.6) is 0 Å². The number of carbonyl (C=O) groups is 1. The Morgan fingerprint density at radius 2 is 2.00 bits per heavy atom. The number of hydrogen-bond donors (Lipinski definition) is 2. The average molecular weight is 494 g/mol. The third-order valence-corrected chi connectivity index (χ3v) is 6.09. The summed E-state index contributed by atoms with van der Waals surface area (Å²) in [5, 5.41) is 14.0. The van der Waals surface area contributed by atoms with Crippen molar-refractivity contribution in [1.29, 1.82) is 0 Å². The molecule has 0 amide bonds. The third-order valence-electron chi connectivity index (χ3n) is 6.09. The topological polar surface area (TPSA) is 118 Å². The summed E-state index contributed by atoms with van der Waals surface area (Å²) in [4.78, 5) is 27.6. The number of ketones is 1. The van der Waals surface area contributed by atoms with Crippen LogP contribution >= 0.6 is 0 Å². The van der Waals surface area contributed by atoms with E-state index in [0.717, 1.165) is 17.5 Å². The summed E-state index contributed by atoms with van der Waals surface area (Å²) >= 11 is 0. The van der Waals surface area contributed by atoms with Gasteiger partial charge in [-0.05, 0) is 31.4 Å². The van der Waals surface area contributed by atoms with Crippen LogP contribution in [-0.2, 0) is 4.79 Å². The van der Waals surface area contributed by atoms with Crippen molar-refractivity contribution in [2.24, 2.45) is 0 Å². The minimum atomic E-state index is -1.96. The summed E-state index contributed by atoms with van der Waals surface area (Å²) in [6.45, 7) is 5.35. The monoisotopic (exact) mass is 493 g/mol. The predicted molar refractivity (Wildman–Crippen MR) is 129 cm³/mol. The first-order valence-corrected chi connectivity index (χ1v) is 11.5. The van der Waals surface area contributed by atoms with Crippen molar-refractivity contribution in [2.75, 3.05) is 23.3 Å². The molecule has 0 saturated carbocycles. The van der Waals surface area contributed by atoms with E-state index in [-0.39, 0.29) is 25.4 Å². The first-order chi connectivity index (χ1) is 17.2. The number of aromatic nitrogens is 7. The number of pyridine rings is 1. The zero-order valence-electron chi connectivity index (χ0n) is 20.0. The number of nitrogens with one attached hydrogen (secondary N) is 2. The second kappa shape index (κ2) is 9.10. The highest BCUT2D eigenvalue weighted by Gasteiger charge is 2.50. The third kappa shape index (κ3) is 4.79. The van der Waals surface area contributed by atoms with E-state index in [1.807, 2.05) is 26.8 Å². The number of Topliss-reactive ketones (excluding diaryl/α,β-unsaturated/α-hetero) is 1. The number of aromatic amines is 1. The number of aryl methyl sites for hydroxylation is 2. The van der Waals surface area contributed by atoms with E-state index in [1.165, 1.54) is 10.9 Å². The molecule has 2 N–H and O–H groups in total. The van der Waals surface area contributed by atoms with E-state index in [4.69, 9.17) is 0 Å². The zero-order valence-corrected chi connectivity index (χ0v) is 20.0. The fourth-order valence-corrected chi connectivity index (χ4v) is 4.08. The molecule has 0 radical (unpaired) electrons. The van der Waals surface area contributed by atoms with Gasteiger partial charge in [0, 0.05) is 36.1 Å². The maximum atomic E-state index is 15.4. The Morgan fingerprint density at radius 3 is 2.64 bits per heavy atom. The number of alkyl halides is 1. The lowest BCUT2D eigenvalue weighted by Crippen LogP contribution is -2.64. The van der Waals surface area contributed by atoms with Crippen molar-refractivity contribution in [3.05, 3.63) is 65.6 Å². The highest BCUT2D eigenvalue weighted by Crippen LogP contribution is 2.34. The number of halogens is 2. The Balaban J connectivity index is 1.20. The molecule has 4 aromatic heterocycles. The van der Waals surface area contributed by atoms with Crippen LogP contribution in [0.2, 0.25) is 0 Å².